The van der Waals surface area contributed by atoms with E-state index in [1.54, 1.807) is 0 Å². The predicted octanol–water partition coefficient (Wildman–Crippen LogP) is 4.33. The van der Waals surface area contributed by atoms with Crippen molar-refractivity contribution in [3.8, 4) is 5.75 Å². The number of ether oxygens (including phenoxy) is 1. The van der Waals surface area contributed by atoms with Crippen LogP contribution in [0.2, 0.25) is 0 Å². The number of rotatable bonds is 10. The molecule has 0 saturated heterocycles. The van der Waals surface area contributed by atoms with Gasteiger partial charge < -0.3 is 14.9 Å². The first-order valence-electron chi connectivity index (χ1n) is 8.46. The van der Waals surface area contributed by atoms with Crippen LogP contribution in [0.1, 0.15) is 65.0 Å². The maximum absolute atomic E-state index is 10.6. The molecule has 0 saturated carbocycles. The van der Waals surface area contributed by atoms with Crippen molar-refractivity contribution in [2.45, 2.75) is 59.5 Å². The third-order valence-electron chi connectivity index (χ3n) is 4.38. The highest BCUT2D eigenvalue weighted by Gasteiger charge is 2.30. The minimum Gasteiger partial charge on any atom is -0.493 e. The molecule has 0 heterocycles. The van der Waals surface area contributed by atoms with Crippen molar-refractivity contribution in [1.29, 1.82) is 0 Å². The van der Waals surface area contributed by atoms with Crippen LogP contribution in [0.4, 0.5) is 0 Å². The van der Waals surface area contributed by atoms with Gasteiger partial charge in [0.1, 0.15) is 5.75 Å². The van der Waals surface area contributed by atoms with Gasteiger partial charge in [0.25, 0.3) is 0 Å². The Hall–Kier alpha value is -1.06. The summed E-state index contributed by atoms with van der Waals surface area (Å²) in [6.07, 6.45) is 3.97. The van der Waals surface area contributed by atoms with E-state index in [-0.39, 0.29) is 6.61 Å². The Kier molecular flexibility index (Phi) is 7.91. The van der Waals surface area contributed by atoms with Crippen LogP contribution in [-0.4, -0.2) is 23.4 Å². The maximum Gasteiger partial charge on any atom is 0.125 e. The topological polar surface area (TPSA) is 49.7 Å². The Morgan fingerprint density at radius 2 is 1.86 bits per heavy atom. The van der Waals surface area contributed by atoms with Crippen molar-refractivity contribution >= 4 is 0 Å². The molecule has 0 bridgehead atoms. The molecule has 3 nitrogen and oxygen atoms in total. The molecule has 126 valence electrons. The molecule has 0 spiro atoms. The van der Waals surface area contributed by atoms with E-state index >= 15 is 0 Å². The zero-order chi connectivity index (χ0) is 16.6. The molecule has 2 unspecified atom stereocenters. The molecule has 0 aliphatic carbocycles. The Bertz CT molecular complexity index is 428. The smallest absolute Gasteiger partial charge is 0.125 e. The molecule has 2 N–H and O–H groups in total. The summed E-state index contributed by atoms with van der Waals surface area (Å²) in [5.74, 6) is 1.28. The minimum absolute atomic E-state index is 0.0728. The summed E-state index contributed by atoms with van der Waals surface area (Å²) < 4.78 is 6.01. The highest BCUT2D eigenvalue weighted by molar-refractivity contribution is 5.36. The summed E-state index contributed by atoms with van der Waals surface area (Å²) in [5, 5.41) is 20.0. The van der Waals surface area contributed by atoms with E-state index in [2.05, 4.69) is 13.8 Å². The lowest BCUT2D eigenvalue weighted by Crippen LogP contribution is -2.26. The normalized spacial score (nSPS) is 14.6. The minimum atomic E-state index is -0.746. The number of para-hydroxylation sites is 1. The average molecular weight is 308 g/mol. The molecule has 2 atom stereocenters. The lowest BCUT2D eigenvalue weighted by molar-refractivity contribution is 0.00447. The maximum atomic E-state index is 10.6. The molecular weight excluding hydrogens is 276 g/mol. The summed E-state index contributed by atoms with van der Waals surface area (Å²) in [7, 11) is 0. The van der Waals surface area contributed by atoms with E-state index in [1.165, 1.54) is 19.3 Å². The Morgan fingerprint density at radius 3 is 2.45 bits per heavy atom. The second kappa shape index (κ2) is 9.16. The van der Waals surface area contributed by atoms with Gasteiger partial charge in [-0.3, -0.25) is 0 Å². The fourth-order valence-electron chi connectivity index (χ4n) is 2.45. The molecule has 0 fully saturated rings. The number of aliphatic hydroxyl groups excluding tert-OH is 2. The van der Waals surface area contributed by atoms with E-state index in [0.29, 0.717) is 12.5 Å². The summed E-state index contributed by atoms with van der Waals surface area (Å²) in [5.41, 5.74) is 0.165. The first kappa shape index (κ1) is 19.0. The Morgan fingerprint density at radius 1 is 1.18 bits per heavy atom. The summed E-state index contributed by atoms with van der Waals surface area (Å²) in [4.78, 5) is 0. The van der Waals surface area contributed by atoms with Crippen LogP contribution in [0.25, 0.3) is 0 Å². The van der Waals surface area contributed by atoms with Crippen molar-refractivity contribution in [3.05, 3.63) is 29.8 Å². The van der Waals surface area contributed by atoms with Gasteiger partial charge in [-0.2, -0.15) is 0 Å². The first-order valence-corrected chi connectivity index (χ1v) is 8.46. The number of unbranched alkanes of at least 4 members (excludes halogenated alkanes) is 1. The molecule has 1 rings (SSSR count). The molecule has 0 radical (unpaired) electrons. The zero-order valence-electron chi connectivity index (χ0n) is 14.5. The van der Waals surface area contributed by atoms with E-state index < -0.39 is 11.5 Å². The second-order valence-corrected chi connectivity index (χ2v) is 6.81. The van der Waals surface area contributed by atoms with Crippen molar-refractivity contribution in [2.24, 2.45) is 11.3 Å². The van der Waals surface area contributed by atoms with Crippen LogP contribution in [0.5, 0.6) is 5.75 Å². The van der Waals surface area contributed by atoms with Crippen LogP contribution >= 0.6 is 0 Å². The van der Waals surface area contributed by atoms with Gasteiger partial charge in [0.05, 0.1) is 19.3 Å². The third kappa shape index (κ3) is 5.29. The van der Waals surface area contributed by atoms with Crippen LogP contribution in [0, 0.1) is 11.3 Å². The second-order valence-electron chi connectivity index (χ2n) is 6.81. The number of hydrogen-bond donors (Lipinski definition) is 2. The summed E-state index contributed by atoms with van der Waals surface area (Å²) in [6, 6.07) is 7.60. The lowest BCUT2D eigenvalue weighted by atomic mass is 9.83. The van der Waals surface area contributed by atoms with Crippen LogP contribution in [0.3, 0.4) is 0 Å². The molecular formula is C19H32O3. The summed E-state index contributed by atoms with van der Waals surface area (Å²) in [6.45, 7) is 8.71. The highest BCUT2D eigenvalue weighted by atomic mass is 16.5. The molecule has 22 heavy (non-hydrogen) atoms. The molecule has 0 aromatic heterocycles. The van der Waals surface area contributed by atoms with Gasteiger partial charge in [-0.25, -0.2) is 0 Å². The molecule has 3 heteroatoms. The van der Waals surface area contributed by atoms with Gasteiger partial charge in [0, 0.05) is 11.0 Å². The van der Waals surface area contributed by atoms with Crippen molar-refractivity contribution in [3.63, 3.8) is 0 Å². The van der Waals surface area contributed by atoms with E-state index in [4.69, 9.17) is 4.74 Å². The predicted molar refractivity (Wildman–Crippen MR) is 91.1 cm³/mol. The SMILES string of the molecule is CCCCC(CC)COc1ccccc1C(O)C(C)(C)CO. The Balaban J connectivity index is 2.79. The largest absolute Gasteiger partial charge is 0.493 e. The fourth-order valence-corrected chi connectivity index (χ4v) is 2.45. The quantitative estimate of drug-likeness (QED) is 0.676. The zero-order valence-corrected chi connectivity index (χ0v) is 14.5. The third-order valence-corrected chi connectivity index (χ3v) is 4.38. The molecule has 0 aliphatic rings. The van der Waals surface area contributed by atoms with Crippen molar-refractivity contribution in [2.75, 3.05) is 13.2 Å². The highest BCUT2D eigenvalue weighted by Crippen LogP contribution is 2.37. The molecule has 0 aliphatic heterocycles. The van der Waals surface area contributed by atoms with Crippen LogP contribution < -0.4 is 4.74 Å². The van der Waals surface area contributed by atoms with Gasteiger partial charge in [0.15, 0.2) is 0 Å². The van der Waals surface area contributed by atoms with E-state index in [1.807, 2.05) is 38.1 Å². The molecule has 1 aromatic rings. The molecule has 0 amide bonds. The van der Waals surface area contributed by atoms with Crippen molar-refractivity contribution < 1.29 is 14.9 Å². The van der Waals surface area contributed by atoms with Gasteiger partial charge in [-0.15, -0.1) is 0 Å². The van der Waals surface area contributed by atoms with Crippen molar-refractivity contribution in [1.82, 2.24) is 0 Å². The van der Waals surface area contributed by atoms with Crippen LogP contribution in [-0.2, 0) is 0 Å². The number of hydrogen-bond acceptors (Lipinski definition) is 3. The average Bonchev–Trinajstić information content (AvgIpc) is 2.54. The fraction of sp³-hybridized carbons (Fsp3) is 0.684. The molecule has 1 aromatic carbocycles. The number of benzene rings is 1. The monoisotopic (exact) mass is 308 g/mol. The van der Waals surface area contributed by atoms with Gasteiger partial charge >= 0.3 is 0 Å². The van der Waals surface area contributed by atoms with Gasteiger partial charge in [-0.1, -0.05) is 65.2 Å². The van der Waals surface area contributed by atoms with Gasteiger partial charge in [-0.05, 0) is 18.4 Å². The Labute approximate surface area is 135 Å². The van der Waals surface area contributed by atoms with E-state index in [0.717, 1.165) is 17.7 Å². The first-order chi connectivity index (χ1) is 10.5. The summed E-state index contributed by atoms with van der Waals surface area (Å²) >= 11 is 0. The van der Waals surface area contributed by atoms with Gasteiger partial charge in [0.2, 0.25) is 0 Å². The van der Waals surface area contributed by atoms with E-state index in [9.17, 15) is 10.2 Å². The van der Waals surface area contributed by atoms with Crippen LogP contribution in [0.15, 0.2) is 24.3 Å². The number of aliphatic hydroxyl groups is 2. The lowest BCUT2D eigenvalue weighted by Gasteiger charge is -2.30. The standard InChI is InChI=1S/C19H32O3/c1-5-7-10-15(6-2)13-22-17-12-9-8-11-16(17)18(21)19(3,4)14-20/h8-9,11-12,15,18,20-21H,5-7,10,13-14H2,1-4H3.